The van der Waals surface area contributed by atoms with Crippen molar-refractivity contribution in [1.82, 2.24) is 30.5 Å². The van der Waals surface area contributed by atoms with Crippen molar-refractivity contribution in [2.75, 3.05) is 13.2 Å². The molecule has 28 heavy (non-hydrogen) atoms. The SMILES string of the molecule is c1ccc(Oc2nnnn2[C@@H]2CO[C@@H]3[C@@H]2OC[C@@H]3NCc2ccccn2)cc1. The van der Waals surface area contributed by atoms with Gasteiger partial charge in [-0.2, -0.15) is 4.68 Å². The number of ether oxygens (including phenoxy) is 3. The van der Waals surface area contributed by atoms with Crippen LogP contribution in [0.15, 0.2) is 54.7 Å². The van der Waals surface area contributed by atoms with E-state index in [1.807, 2.05) is 48.5 Å². The molecule has 0 unspecified atom stereocenters. The van der Waals surface area contributed by atoms with Crippen LogP contribution in [-0.4, -0.2) is 56.7 Å². The monoisotopic (exact) mass is 380 g/mol. The highest BCUT2D eigenvalue weighted by Crippen LogP contribution is 2.36. The van der Waals surface area contributed by atoms with Crippen molar-refractivity contribution in [3.63, 3.8) is 0 Å². The highest BCUT2D eigenvalue weighted by Gasteiger charge is 2.49. The number of para-hydroxylation sites is 1. The summed E-state index contributed by atoms with van der Waals surface area (Å²) in [6, 6.07) is 15.6. The number of hydrogen-bond donors (Lipinski definition) is 1. The minimum atomic E-state index is -0.139. The zero-order valence-electron chi connectivity index (χ0n) is 15.1. The van der Waals surface area contributed by atoms with Crippen LogP contribution in [0.25, 0.3) is 0 Å². The van der Waals surface area contributed by atoms with Crippen LogP contribution in [0.5, 0.6) is 11.8 Å². The van der Waals surface area contributed by atoms with Gasteiger partial charge in [-0.15, -0.1) is 0 Å². The highest BCUT2D eigenvalue weighted by atomic mass is 16.6. The van der Waals surface area contributed by atoms with E-state index < -0.39 is 0 Å². The smallest absolute Gasteiger partial charge is 0.341 e. The Hall–Kier alpha value is -2.88. The molecule has 2 fully saturated rings. The summed E-state index contributed by atoms with van der Waals surface area (Å²) >= 11 is 0. The first-order chi connectivity index (χ1) is 13.9. The third kappa shape index (κ3) is 3.35. The van der Waals surface area contributed by atoms with Gasteiger partial charge in [0.05, 0.1) is 24.9 Å². The lowest BCUT2D eigenvalue weighted by molar-refractivity contribution is 0.0611. The van der Waals surface area contributed by atoms with E-state index in [9.17, 15) is 0 Å². The molecule has 0 aliphatic carbocycles. The Balaban J connectivity index is 1.26. The quantitative estimate of drug-likeness (QED) is 0.685. The maximum absolute atomic E-state index is 6.04. The molecule has 4 atom stereocenters. The number of nitrogens with one attached hydrogen (secondary N) is 1. The van der Waals surface area contributed by atoms with E-state index in [4.69, 9.17) is 14.2 Å². The highest BCUT2D eigenvalue weighted by molar-refractivity contribution is 5.24. The van der Waals surface area contributed by atoms with Gasteiger partial charge in [0.15, 0.2) is 0 Å². The van der Waals surface area contributed by atoms with Crippen molar-refractivity contribution in [2.45, 2.75) is 30.8 Å². The van der Waals surface area contributed by atoms with Gasteiger partial charge in [-0.25, -0.2) is 0 Å². The van der Waals surface area contributed by atoms with Crippen LogP contribution in [0.3, 0.4) is 0 Å². The summed E-state index contributed by atoms with van der Waals surface area (Å²) in [4.78, 5) is 4.34. The van der Waals surface area contributed by atoms with Gasteiger partial charge in [0.1, 0.15) is 24.0 Å². The largest absolute Gasteiger partial charge is 0.423 e. The predicted octanol–water partition coefficient (Wildman–Crippen LogP) is 1.36. The van der Waals surface area contributed by atoms with Gasteiger partial charge in [-0.05, 0) is 34.7 Å². The zero-order valence-corrected chi connectivity index (χ0v) is 15.1. The lowest BCUT2D eigenvalue weighted by atomic mass is 10.1. The summed E-state index contributed by atoms with van der Waals surface area (Å²) in [7, 11) is 0. The molecule has 144 valence electrons. The summed E-state index contributed by atoms with van der Waals surface area (Å²) in [6.45, 7) is 1.70. The van der Waals surface area contributed by atoms with E-state index in [0.29, 0.717) is 31.5 Å². The minimum Gasteiger partial charge on any atom is -0.423 e. The fourth-order valence-electron chi connectivity index (χ4n) is 3.66. The van der Waals surface area contributed by atoms with Gasteiger partial charge < -0.3 is 19.5 Å². The number of tetrazole rings is 1. The van der Waals surface area contributed by atoms with Crippen molar-refractivity contribution in [3.05, 3.63) is 60.4 Å². The molecule has 4 heterocycles. The molecule has 2 saturated heterocycles. The Morgan fingerprint density at radius 1 is 1.04 bits per heavy atom. The molecule has 0 bridgehead atoms. The second-order valence-electron chi connectivity index (χ2n) is 6.79. The Bertz CT molecular complexity index is 906. The molecule has 1 aromatic carbocycles. The summed E-state index contributed by atoms with van der Waals surface area (Å²) in [5, 5.41) is 15.4. The molecule has 5 rings (SSSR count). The average molecular weight is 380 g/mol. The van der Waals surface area contributed by atoms with Crippen molar-refractivity contribution in [1.29, 1.82) is 0 Å². The van der Waals surface area contributed by atoms with E-state index in [2.05, 4.69) is 25.8 Å². The Kier molecular flexibility index (Phi) is 4.69. The average Bonchev–Trinajstić information content (AvgIpc) is 3.45. The van der Waals surface area contributed by atoms with Gasteiger partial charge >= 0.3 is 6.01 Å². The second kappa shape index (κ2) is 7.63. The van der Waals surface area contributed by atoms with E-state index >= 15 is 0 Å². The lowest BCUT2D eigenvalue weighted by Gasteiger charge is -2.18. The maximum atomic E-state index is 6.04. The fraction of sp³-hybridized carbons (Fsp3) is 0.368. The van der Waals surface area contributed by atoms with Gasteiger partial charge in [0.2, 0.25) is 0 Å². The van der Waals surface area contributed by atoms with E-state index in [0.717, 1.165) is 5.69 Å². The van der Waals surface area contributed by atoms with Crippen LogP contribution >= 0.6 is 0 Å². The Morgan fingerprint density at radius 2 is 1.89 bits per heavy atom. The molecule has 2 aliphatic heterocycles. The van der Waals surface area contributed by atoms with Crippen LogP contribution in [0.2, 0.25) is 0 Å². The molecule has 1 N–H and O–H groups in total. The molecular weight excluding hydrogens is 360 g/mol. The van der Waals surface area contributed by atoms with E-state index in [-0.39, 0.29) is 24.3 Å². The topological polar surface area (TPSA) is 96.2 Å². The lowest BCUT2D eigenvalue weighted by Crippen LogP contribution is -2.40. The third-order valence-corrected chi connectivity index (χ3v) is 5.03. The van der Waals surface area contributed by atoms with Crippen molar-refractivity contribution in [2.24, 2.45) is 0 Å². The predicted molar refractivity (Wildman–Crippen MR) is 97.7 cm³/mol. The van der Waals surface area contributed by atoms with Crippen LogP contribution in [0, 0.1) is 0 Å². The standard InChI is InChI=1S/C19H20N6O3/c1-2-7-14(8-3-1)28-19-22-23-24-25(19)16-12-27-17-15(11-26-18(16)17)21-10-13-6-4-5-9-20-13/h1-9,15-18,21H,10-12H2/t15-,16+,17-,18+/m0/s1. The summed E-state index contributed by atoms with van der Waals surface area (Å²) in [5.74, 6) is 0.677. The van der Waals surface area contributed by atoms with Crippen molar-refractivity contribution < 1.29 is 14.2 Å². The molecular formula is C19H20N6O3. The van der Waals surface area contributed by atoms with Gasteiger partial charge in [-0.3, -0.25) is 4.98 Å². The van der Waals surface area contributed by atoms with E-state index in [1.165, 1.54) is 0 Å². The number of fused-ring (bicyclic) bond motifs is 1. The molecule has 0 saturated carbocycles. The second-order valence-corrected chi connectivity index (χ2v) is 6.79. The van der Waals surface area contributed by atoms with Crippen LogP contribution in [0.1, 0.15) is 11.7 Å². The number of rotatable bonds is 6. The number of aromatic nitrogens is 5. The summed E-state index contributed by atoms with van der Waals surface area (Å²) < 4.78 is 19.6. The molecule has 3 aromatic rings. The zero-order chi connectivity index (χ0) is 18.8. The number of benzene rings is 1. The summed E-state index contributed by atoms with van der Waals surface area (Å²) in [6.07, 6.45) is 1.59. The van der Waals surface area contributed by atoms with E-state index in [1.54, 1.807) is 10.9 Å². The molecule has 9 heteroatoms. The number of nitrogens with zero attached hydrogens (tertiary/aromatic N) is 5. The van der Waals surface area contributed by atoms with Gasteiger partial charge in [0, 0.05) is 12.7 Å². The molecule has 0 radical (unpaired) electrons. The maximum Gasteiger partial charge on any atom is 0.341 e. The molecule has 0 amide bonds. The fourth-order valence-corrected chi connectivity index (χ4v) is 3.66. The molecule has 9 nitrogen and oxygen atoms in total. The summed E-state index contributed by atoms with van der Waals surface area (Å²) in [5.41, 5.74) is 0.986. The number of hydrogen-bond acceptors (Lipinski definition) is 8. The van der Waals surface area contributed by atoms with Crippen molar-refractivity contribution >= 4 is 0 Å². The van der Waals surface area contributed by atoms with Gasteiger partial charge in [-0.1, -0.05) is 29.4 Å². The number of pyridine rings is 1. The third-order valence-electron chi connectivity index (χ3n) is 5.03. The molecule has 2 aliphatic rings. The Labute approximate surface area is 161 Å². The molecule has 0 spiro atoms. The van der Waals surface area contributed by atoms with Crippen LogP contribution < -0.4 is 10.1 Å². The Morgan fingerprint density at radius 3 is 2.75 bits per heavy atom. The van der Waals surface area contributed by atoms with Crippen LogP contribution in [0.4, 0.5) is 0 Å². The normalized spacial score (nSPS) is 26.3. The first kappa shape index (κ1) is 17.2. The van der Waals surface area contributed by atoms with Crippen molar-refractivity contribution in [3.8, 4) is 11.8 Å². The first-order valence-corrected chi connectivity index (χ1v) is 9.26. The minimum absolute atomic E-state index is 0.0671. The molecule has 2 aromatic heterocycles. The van der Waals surface area contributed by atoms with Gasteiger partial charge in [0.25, 0.3) is 0 Å². The first-order valence-electron chi connectivity index (χ1n) is 9.26. The van der Waals surface area contributed by atoms with Crippen LogP contribution in [-0.2, 0) is 16.0 Å².